The maximum absolute atomic E-state index is 12.7. The van der Waals surface area contributed by atoms with Crippen LogP contribution in [-0.2, 0) is 12.6 Å². The third-order valence-corrected chi connectivity index (χ3v) is 4.02. The lowest BCUT2D eigenvalue weighted by molar-refractivity contribution is -0.137. The number of rotatable bonds is 7. The fourth-order valence-corrected chi connectivity index (χ4v) is 2.85. The fourth-order valence-electron chi connectivity index (χ4n) is 2.31. The third-order valence-electron chi connectivity index (χ3n) is 3.29. The molecule has 0 fully saturated rings. The van der Waals surface area contributed by atoms with Gasteiger partial charge in [-0.2, -0.15) is 13.2 Å². The van der Waals surface area contributed by atoms with Crippen molar-refractivity contribution in [1.82, 2.24) is 5.32 Å². The van der Waals surface area contributed by atoms with E-state index >= 15 is 0 Å². The van der Waals surface area contributed by atoms with E-state index in [4.69, 9.17) is 0 Å². The van der Waals surface area contributed by atoms with Crippen molar-refractivity contribution >= 4 is 15.9 Å². The van der Waals surface area contributed by atoms with Gasteiger partial charge in [-0.3, -0.25) is 0 Å². The van der Waals surface area contributed by atoms with Crippen LogP contribution in [0.3, 0.4) is 0 Å². The minimum atomic E-state index is -4.29. The van der Waals surface area contributed by atoms with E-state index in [-0.39, 0.29) is 6.04 Å². The van der Waals surface area contributed by atoms with Gasteiger partial charge in [0.15, 0.2) is 0 Å². The first-order chi connectivity index (χ1) is 9.74. The highest BCUT2D eigenvalue weighted by atomic mass is 79.9. The zero-order valence-electron chi connectivity index (χ0n) is 12.7. The zero-order valence-corrected chi connectivity index (χ0v) is 14.3. The molecule has 1 atom stereocenters. The first-order valence-electron chi connectivity index (χ1n) is 7.33. The van der Waals surface area contributed by atoms with Gasteiger partial charge in [0.2, 0.25) is 0 Å². The van der Waals surface area contributed by atoms with Gasteiger partial charge in [-0.25, -0.2) is 0 Å². The van der Waals surface area contributed by atoms with Gasteiger partial charge in [-0.1, -0.05) is 42.8 Å². The van der Waals surface area contributed by atoms with Crippen molar-refractivity contribution in [3.05, 3.63) is 33.8 Å². The predicted octanol–water partition coefficient (Wildman–Crippen LogP) is 5.42. The van der Waals surface area contributed by atoms with Gasteiger partial charge in [0.1, 0.15) is 0 Å². The van der Waals surface area contributed by atoms with Gasteiger partial charge in [0, 0.05) is 10.5 Å². The summed E-state index contributed by atoms with van der Waals surface area (Å²) in [5, 5.41) is 3.48. The van der Waals surface area contributed by atoms with E-state index in [0.717, 1.165) is 37.4 Å². The molecule has 0 aromatic heterocycles. The van der Waals surface area contributed by atoms with Gasteiger partial charge in [-0.05, 0) is 49.4 Å². The molecule has 5 heteroatoms. The summed E-state index contributed by atoms with van der Waals surface area (Å²) < 4.78 is 38.5. The largest absolute Gasteiger partial charge is 0.416 e. The summed E-state index contributed by atoms with van der Waals surface area (Å²) in [6.45, 7) is 7.34. The lowest BCUT2D eigenvalue weighted by atomic mass is 9.96. The molecule has 0 bridgehead atoms. The van der Waals surface area contributed by atoms with E-state index in [1.54, 1.807) is 6.07 Å². The van der Waals surface area contributed by atoms with Gasteiger partial charge in [0.25, 0.3) is 0 Å². The van der Waals surface area contributed by atoms with Crippen LogP contribution < -0.4 is 5.32 Å². The normalized spacial score (nSPS) is 13.7. The van der Waals surface area contributed by atoms with Crippen molar-refractivity contribution in [1.29, 1.82) is 0 Å². The summed E-state index contributed by atoms with van der Waals surface area (Å²) in [6.07, 6.45) is -1.51. The van der Waals surface area contributed by atoms with Crippen molar-refractivity contribution in [2.24, 2.45) is 5.92 Å². The molecule has 0 saturated heterocycles. The third kappa shape index (κ3) is 6.39. The Morgan fingerprint density at radius 2 is 1.90 bits per heavy atom. The lowest BCUT2D eigenvalue weighted by Gasteiger charge is -2.21. The van der Waals surface area contributed by atoms with Gasteiger partial charge in [-0.15, -0.1) is 0 Å². The predicted molar refractivity (Wildman–Crippen MR) is 84.4 cm³/mol. The molecule has 1 rings (SSSR count). The molecule has 0 aliphatic rings. The second-order valence-corrected chi connectivity index (χ2v) is 6.64. The summed E-state index contributed by atoms with van der Waals surface area (Å²) in [6, 6.07) is 4.19. The topological polar surface area (TPSA) is 12.0 Å². The number of alkyl halides is 3. The lowest BCUT2D eigenvalue weighted by Crippen LogP contribution is -2.33. The Labute approximate surface area is 133 Å². The number of hydrogen-bond donors (Lipinski definition) is 1. The Balaban J connectivity index is 2.83. The van der Waals surface area contributed by atoms with E-state index in [1.807, 2.05) is 0 Å². The van der Waals surface area contributed by atoms with Crippen LogP contribution >= 0.6 is 15.9 Å². The first-order valence-corrected chi connectivity index (χ1v) is 8.12. The second kappa shape index (κ2) is 8.18. The van der Waals surface area contributed by atoms with Crippen molar-refractivity contribution < 1.29 is 13.2 Å². The standard InChI is InChI=1S/C16H23BrF3N/c1-4-7-21-14(8-11(2)3)9-12-5-6-13(10-15(12)17)16(18,19)20/h5-6,10-11,14,21H,4,7-9H2,1-3H3. The summed E-state index contributed by atoms with van der Waals surface area (Å²) in [7, 11) is 0. The summed E-state index contributed by atoms with van der Waals surface area (Å²) in [5.41, 5.74) is 0.303. The van der Waals surface area contributed by atoms with E-state index in [1.165, 1.54) is 6.07 Å². The molecule has 0 aliphatic heterocycles. The Kier molecular flexibility index (Phi) is 7.21. The smallest absolute Gasteiger partial charge is 0.314 e. The molecular weight excluding hydrogens is 343 g/mol. The van der Waals surface area contributed by atoms with Crippen LogP contribution in [0.1, 0.15) is 44.7 Å². The van der Waals surface area contributed by atoms with Gasteiger partial charge in [0.05, 0.1) is 5.56 Å². The molecule has 120 valence electrons. The van der Waals surface area contributed by atoms with Crippen LogP contribution in [0.5, 0.6) is 0 Å². The van der Waals surface area contributed by atoms with Crippen molar-refractivity contribution in [2.75, 3.05) is 6.54 Å². The fraction of sp³-hybridized carbons (Fsp3) is 0.625. The molecular formula is C16H23BrF3N. The molecule has 0 saturated carbocycles. The monoisotopic (exact) mass is 365 g/mol. The molecule has 1 N–H and O–H groups in total. The highest BCUT2D eigenvalue weighted by Crippen LogP contribution is 2.32. The van der Waals surface area contributed by atoms with Crippen LogP contribution in [-0.4, -0.2) is 12.6 Å². The number of nitrogens with one attached hydrogen (secondary N) is 1. The average Bonchev–Trinajstić information content (AvgIpc) is 2.36. The molecule has 0 radical (unpaired) electrons. The Morgan fingerprint density at radius 1 is 1.24 bits per heavy atom. The number of benzene rings is 1. The first kappa shape index (κ1) is 18.5. The van der Waals surface area contributed by atoms with E-state index in [9.17, 15) is 13.2 Å². The zero-order chi connectivity index (χ0) is 16.0. The quantitative estimate of drug-likeness (QED) is 0.679. The number of hydrogen-bond acceptors (Lipinski definition) is 1. The van der Waals surface area contributed by atoms with E-state index in [0.29, 0.717) is 10.4 Å². The molecule has 0 spiro atoms. The van der Waals surface area contributed by atoms with Crippen LogP contribution in [0.15, 0.2) is 22.7 Å². The van der Waals surface area contributed by atoms with Crippen LogP contribution in [0, 0.1) is 5.92 Å². The van der Waals surface area contributed by atoms with E-state index < -0.39 is 11.7 Å². The molecule has 0 heterocycles. The maximum Gasteiger partial charge on any atom is 0.416 e. The Bertz CT molecular complexity index is 444. The maximum atomic E-state index is 12.7. The van der Waals surface area contributed by atoms with Crippen molar-refractivity contribution in [2.45, 2.75) is 52.3 Å². The second-order valence-electron chi connectivity index (χ2n) is 5.79. The Hall–Kier alpha value is -0.550. The highest BCUT2D eigenvalue weighted by Gasteiger charge is 2.30. The van der Waals surface area contributed by atoms with Crippen molar-refractivity contribution in [3.63, 3.8) is 0 Å². The molecule has 1 aromatic rings. The van der Waals surface area contributed by atoms with Crippen LogP contribution in [0.2, 0.25) is 0 Å². The molecule has 21 heavy (non-hydrogen) atoms. The number of halogens is 4. The van der Waals surface area contributed by atoms with E-state index in [2.05, 4.69) is 42.0 Å². The summed E-state index contributed by atoms with van der Waals surface area (Å²) in [4.78, 5) is 0. The summed E-state index contributed by atoms with van der Waals surface area (Å²) >= 11 is 3.27. The highest BCUT2D eigenvalue weighted by molar-refractivity contribution is 9.10. The molecule has 0 aliphatic carbocycles. The summed E-state index contributed by atoms with van der Waals surface area (Å²) in [5.74, 6) is 0.549. The SMILES string of the molecule is CCCNC(Cc1ccc(C(F)(F)F)cc1Br)CC(C)C. The average molecular weight is 366 g/mol. The molecule has 1 aromatic carbocycles. The Morgan fingerprint density at radius 3 is 2.38 bits per heavy atom. The minimum absolute atomic E-state index is 0.290. The van der Waals surface area contributed by atoms with Gasteiger partial charge < -0.3 is 5.32 Å². The van der Waals surface area contributed by atoms with Gasteiger partial charge >= 0.3 is 6.18 Å². The molecule has 1 unspecified atom stereocenters. The van der Waals surface area contributed by atoms with Crippen LogP contribution in [0.25, 0.3) is 0 Å². The van der Waals surface area contributed by atoms with Crippen LogP contribution in [0.4, 0.5) is 13.2 Å². The minimum Gasteiger partial charge on any atom is -0.314 e. The van der Waals surface area contributed by atoms with Crippen molar-refractivity contribution in [3.8, 4) is 0 Å². The molecule has 1 nitrogen and oxygen atoms in total. The molecule has 0 amide bonds.